The van der Waals surface area contributed by atoms with Gasteiger partial charge in [0.05, 0.1) is 36.8 Å². The van der Waals surface area contributed by atoms with Crippen LogP contribution in [0.1, 0.15) is 34.1 Å². The van der Waals surface area contributed by atoms with E-state index >= 15 is 0 Å². The van der Waals surface area contributed by atoms with Crippen molar-refractivity contribution in [1.82, 2.24) is 9.78 Å². The lowest BCUT2D eigenvalue weighted by Gasteiger charge is -2.13. The van der Waals surface area contributed by atoms with Gasteiger partial charge >= 0.3 is 0 Å². The summed E-state index contributed by atoms with van der Waals surface area (Å²) in [4.78, 5) is 12.9. The van der Waals surface area contributed by atoms with E-state index < -0.39 is 0 Å². The van der Waals surface area contributed by atoms with Crippen molar-refractivity contribution in [3.05, 3.63) is 76.1 Å². The average Bonchev–Trinajstić information content (AvgIpc) is 3.08. The molecule has 0 bridgehead atoms. The number of aromatic nitrogens is 2. The summed E-state index contributed by atoms with van der Waals surface area (Å²) in [5.74, 6) is 0.305. The molecule has 2 aromatic carbocycles. The number of halogens is 1. The van der Waals surface area contributed by atoms with Gasteiger partial charge in [0.15, 0.2) is 0 Å². The number of ether oxygens (including phenoxy) is 1. The van der Waals surface area contributed by atoms with Crippen LogP contribution in [0.3, 0.4) is 0 Å². The summed E-state index contributed by atoms with van der Waals surface area (Å²) in [5.41, 5.74) is 4.03. The molecular formula is C21H22ClN3O2. The van der Waals surface area contributed by atoms with Crippen molar-refractivity contribution >= 4 is 23.2 Å². The summed E-state index contributed by atoms with van der Waals surface area (Å²) in [6.45, 7) is 4.52. The maximum absolute atomic E-state index is 12.9. The molecule has 3 aromatic rings. The van der Waals surface area contributed by atoms with E-state index in [4.69, 9.17) is 16.3 Å². The Morgan fingerprint density at radius 2 is 2.00 bits per heavy atom. The van der Waals surface area contributed by atoms with Crippen LogP contribution in [0.4, 0.5) is 5.69 Å². The van der Waals surface area contributed by atoms with E-state index in [0.29, 0.717) is 35.0 Å². The first-order valence-corrected chi connectivity index (χ1v) is 9.15. The van der Waals surface area contributed by atoms with Gasteiger partial charge in [0.1, 0.15) is 5.75 Å². The average molecular weight is 384 g/mol. The predicted molar refractivity (Wildman–Crippen MR) is 108 cm³/mol. The predicted octanol–water partition coefficient (Wildman–Crippen LogP) is 4.72. The van der Waals surface area contributed by atoms with E-state index in [1.54, 1.807) is 25.4 Å². The van der Waals surface area contributed by atoms with Crippen molar-refractivity contribution in [2.75, 3.05) is 12.4 Å². The van der Waals surface area contributed by atoms with E-state index in [9.17, 15) is 4.79 Å². The fourth-order valence-corrected chi connectivity index (χ4v) is 3.14. The maximum Gasteiger partial charge on any atom is 0.259 e. The monoisotopic (exact) mass is 383 g/mol. The minimum Gasteiger partial charge on any atom is -0.495 e. The molecule has 1 aromatic heterocycles. The minimum atomic E-state index is -0.216. The van der Waals surface area contributed by atoms with Crippen LogP contribution in [-0.2, 0) is 13.0 Å². The Balaban J connectivity index is 1.86. The molecular weight excluding hydrogens is 362 g/mol. The molecule has 0 saturated carbocycles. The van der Waals surface area contributed by atoms with Gasteiger partial charge in [-0.05, 0) is 30.5 Å². The highest BCUT2D eigenvalue weighted by Gasteiger charge is 2.18. The van der Waals surface area contributed by atoms with Crippen LogP contribution < -0.4 is 10.1 Å². The van der Waals surface area contributed by atoms with E-state index in [1.807, 2.05) is 48.9 Å². The third-order valence-corrected chi connectivity index (χ3v) is 4.84. The number of nitrogens with one attached hydrogen (secondary N) is 1. The van der Waals surface area contributed by atoms with Crippen LogP contribution >= 0.6 is 11.6 Å². The second-order valence-corrected chi connectivity index (χ2v) is 6.66. The molecule has 0 aliphatic heterocycles. The number of amides is 1. The van der Waals surface area contributed by atoms with Gasteiger partial charge in [-0.15, -0.1) is 0 Å². The molecule has 5 nitrogen and oxygen atoms in total. The minimum absolute atomic E-state index is 0.216. The van der Waals surface area contributed by atoms with Crippen molar-refractivity contribution in [3.63, 3.8) is 0 Å². The highest BCUT2D eigenvalue weighted by Crippen LogP contribution is 2.31. The molecule has 0 aliphatic rings. The Hall–Kier alpha value is -2.79. The third kappa shape index (κ3) is 4.14. The summed E-state index contributed by atoms with van der Waals surface area (Å²) in [5, 5.41) is 7.94. The van der Waals surface area contributed by atoms with Gasteiger partial charge in [0.25, 0.3) is 5.91 Å². The molecule has 140 valence electrons. The first-order chi connectivity index (χ1) is 13.0. The van der Waals surface area contributed by atoms with Crippen molar-refractivity contribution in [2.45, 2.75) is 26.8 Å². The molecule has 1 amide bonds. The maximum atomic E-state index is 12.9. The summed E-state index contributed by atoms with van der Waals surface area (Å²) >= 11 is 6.14. The Morgan fingerprint density at radius 1 is 1.26 bits per heavy atom. The number of rotatable bonds is 6. The van der Waals surface area contributed by atoms with Crippen LogP contribution in [0.25, 0.3) is 0 Å². The zero-order chi connectivity index (χ0) is 19.4. The Kier molecular flexibility index (Phi) is 5.81. The van der Waals surface area contributed by atoms with Crippen LogP contribution in [-0.4, -0.2) is 22.8 Å². The van der Waals surface area contributed by atoms with Gasteiger partial charge in [0, 0.05) is 11.1 Å². The Morgan fingerprint density at radius 3 is 2.67 bits per heavy atom. The molecule has 0 aliphatic carbocycles. The molecule has 0 fully saturated rings. The van der Waals surface area contributed by atoms with E-state index in [1.165, 1.54) is 0 Å². The molecule has 0 atom stereocenters. The van der Waals surface area contributed by atoms with Gasteiger partial charge in [0.2, 0.25) is 0 Å². The van der Waals surface area contributed by atoms with Gasteiger partial charge in [-0.3, -0.25) is 9.48 Å². The largest absolute Gasteiger partial charge is 0.495 e. The zero-order valence-electron chi connectivity index (χ0n) is 15.6. The highest BCUT2D eigenvalue weighted by atomic mass is 35.5. The summed E-state index contributed by atoms with van der Waals surface area (Å²) in [7, 11) is 1.55. The molecule has 0 saturated heterocycles. The molecule has 0 unspecified atom stereocenters. The molecule has 0 spiro atoms. The third-order valence-electron chi connectivity index (χ3n) is 4.43. The number of carbonyl (C=O) groups excluding carboxylic acids is 1. The number of anilines is 1. The quantitative estimate of drug-likeness (QED) is 0.670. The lowest BCUT2D eigenvalue weighted by molar-refractivity contribution is 0.102. The SMILES string of the molecule is CCc1c(C(=O)Nc2cc(C)c(Cl)cc2OC)cnn1Cc1ccccc1. The standard InChI is InChI=1S/C21H22ClN3O2/c1-4-19-16(12-23-25(19)13-15-8-6-5-7-9-15)21(26)24-18-10-14(2)17(22)11-20(18)27-3/h5-12H,4,13H2,1-3H3,(H,24,26). The summed E-state index contributed by atoms with van der Waals surface area (Å²) < 4.78 is 7.21. The van der Waals surface area contributed by atoms with Crippen molar-refractivity contribution < 1.29 is 9.53 Å². The van der Waals surface area contributed by atoms with Gasteiger partial charge < -0.3 is 10.1 Å². The molecule has 0 radical (unpaired) electrons. The smallest absolute Gasteiger partial charge is 0.259 e. The number of hydrogen-bond donors (Lipinski definition) is 1. The lowest BCUT2D eigenvalue weighted by Crippen LogP contribution is -2.15. The first kappa shape index (κ1) is 19.0. The number of carbonyl (C=O) groups is 1. The van der Waals surface area contributed by atoms with Crippen LogP contribution in [0.15, 0.2) is 48.7 Å². The number of benzene rings is 2. The second kappa shape index (κ2) is 8.27. The highest BCUT2D eigenvalue weighted by molar-refractivity contribution is 6.31. The normalized spacial score (nSPS) is 10.7. The topological polar surface area (TPSA) is 56.1 Å². The van der Waals surface area contributed by atoms with Gasteiger partial charge in [-0.25, -0.2) is 0 Å². The van der Waals surface area contributed by atoms with Crippen molar-refractivity contribution in [3.8, 4) is 5.75 Å². The number of nitrogens with zero attached hydrogens (tertiary/aromatic N) is 2. The second-order valence-electron chi connectivity index (χ2n) is 6.26. The molecule has 6 heteroatoms. The lowest BCUT2D eigenvalue weighted by atomic mass is 10.1. The molecule has 1 N–H and O–H groups in total. The van der Waals surface area contributed by atoms with Crippen molar-refractivity contribution in [2.24, 2.45) is 0 Å². The van der Waals surface area contributed by atoms with E-state index in [2.05, 4.69) is 10.4 Å². The summed E-state index contributed by atoms with van der Waals surface area (Å²) in [6, 6.07) is 13.6. The van der Waals surface area contributed by atoms with E-state index in [-0.39, 0.29) is 5.91 Å². The van der Waals surface area contributed by atoms with E-state index in [0.717, 1.165) is 16.8 Å². The summed E-state index contributed by atoms with van der Waals surface area (Å²) in [6.07, 6.45) is 2.32. The fraction of sp³-hybridized carbons (Fsp3) is 0.238. The van der Waals surface area contributed by atoms with Crippen LogP contribution in [0, 0.1) is 6.92 Å². The van der Waals surface area contributed by atoms with Crippen LogP contribution in [0.2, 0.25) is 5.02 Å². The van der Waals surface area contributed by atoms with Gasteiger partial charge in [-0.2, -0.15) is 5.10 Å². The molecule has 3 rings (SSSR count). The van der Waals surface area contributed by atoms with Crippen molar-refractivity contribution in [1.29, 1.82) is 0 Å². The zero-order valence-corrected chi connectivity index (χ0v) is 16.4. The Labute approximate surface area is 163 Å². The molecule has 27 heavy (non-hydrogen) atoms. The molecule has 1 heterocycles. The van der Waals surface area contributed by atoms with Crippen LogP contribution in [0.5, 0.6) is 5.75 Å². The first-order valence-electron chi connectivity index (χ1n) is 8.77. The number of hydrogen-bond acceptors (Lipinski definition) is 3. The number of aryl methyl sites for hydroxylation is 1. The van der Waals surface area contributed by atoms with Gasteiger partial charge in [-0.1, -0.05) is 48.9 Å². The Bertz CT molecular complexity index is 952. The number of methoxy groups -OCH3 is 1. The fourth-order valence-electron chi connectivity index (χ4n) is 2.99.